The Kier molecular flexibility index (Phi) is 2.00. The second kappa shape index (κ2) is 3.03. The summed E-state index contributed by atoms with van der Waals surface area (Å²) in [4.78, 5) is 0. The van der Waals surface area contributed by atoms with Gasteiger partial charge in [-0.15, -0.1) is 0 Å². The number of nitrogens with one attached hydrogen (secondary N) is 1. The van der Waals surface area contributed by atoms with Crippen LogP contribution in [0, 0.1) is 0 Å². The summed E-state index contributed by atoms with van der Waals surface area (Å²) in [6.45, 7) is 3.18. The van der Waals surface area contributed by atoms with E-state index in [0.29, 0.717) is 6.04 Å². The molecule has 0 spiro atoms. The van der Waals surface area contributed by atoms with E-state index < -0.39 is 0 Å². The van der Waals surface area contributed by atoms with Gasteiger partial charge in [0.25, 0.3) is 0 Å². The van der Waals surface area contributed by atoms with Gasteiger partial charge in [-0.25, -0.2) is 0 Å². The van der Waals surface area contributed by atoms with Gasteiger partial charge in [0.15, 0.2) is 0 Å². The van der Waals surface area contributed by atoms with Crippen LogP contribution in [0.4, 0.5) is 5.82 Å². The number of nitrogens with zero attached hydrogens (tertiary/aromatic N) is 2. The van der Waals surface area contributed by atoms with Crippen molar-refractivity contribution in [1.29, 1.82) is 0 Å². The van der Waals surface area contributed by atoms with Gasteiger partial charge in [-0.3, -0.25) is 4.68 Å². The number of hydrogen-bond donors (Lipinski definition) is 2. The first kappa shape index (κ1) is 8.56. The second-order valence-electron chi connectivity index (χ2n) is 3.54. The van der Waals surface area contributed by atoms with Crippen LogP contribution in [-0.4, -0.2) is 16.3 Å². The predicted octanol–water partition coefficient (Wildman–Crippen LogP) is 0.599. The van der Waals surface area contributed by atoms with Gasteiger partial charge in [-0.2, -0.15) is 5.10 Å². The zero-order valence-corrected chi connectivity index (χ0v) is 8.17. The van der Waals surface area contributed by atoms with E-state index in [1.54, 1.807) is 4.68 Å². The lowest BCUT2D eigenvalue weighted by Crippen LogP contribution is -2.29. The molecule has 0 fully saturated rings. The van der Waals surface area contributed by atoms with E-state index in [1.165, 1.54) is 5.56 Å². The summed E-state index contributed by atoms with van der Waals surface area (Å²) in [6, 6.07) is 0.396. The Bertz CT molecular complexity index is 316. The molecule has 1 aliphatic heterocycles. The minimum Gasteiger partial charge on any atom is -0.384 e. The zero-order valence-electron chi connectivity index (χ0n) is 8.17. The van der Waals surface area contributed by atoms with Crippen molar-refractivity contribution in [2.45, 2.75) is 25.8 Å². The van der Waals surface area contributed by atoms with Crippen LogP contribution in [0.2, 0.25) is 0 Å². The Hall–Kier alpha value is -1.03. The number of fused-ring (bicyclic) bond motifs is 1. The normalized spacial score (nSPS) is 21.5. The van der Waals surface area contributed by atoms with Crippen LogP contribution >= 0.6 is 0 Å². The third-order valence-corrected chi connectivity index (χ3v) is 2.73. The van der Waals surface area contributed by atoms with Crippen LogP contribution in [0.1, 0.15) is 30.6 Å². The van der Waals surface area contributed by atoms with E-state index in [9.17, 15) is 0 Å². The molecule has 1 unspecified atom stereocenters. The van der Waals surface area contributed by atoms with Gasteiger partial charge in [0.2, 0.25) is 0 Å². The number of anilines is 1. The Morgan fingerprint density at radius 2 is 2.46 bits per heavy atom. The van der Waals surface area contributed by atoms with Crippen LogP contribution in [-0.2, 0) is 13.5 Å². The van der Waals surface area contributed by atoms with E-state index in [1.807, 2.05) is 7.05 Å². The molecule has 0 amide bonds. The molecular weight excluding hydrogens is 164 g/mol. The van der Waals surface area contributed by atoms with Crippen molar-refractivity contribution in [3.05, 3.63) is 11.3 Å². The monoisotopic (exact) mass is 180 g/mol. The summed E-state index contributed by atoms with van der Waals surface area (Å²) in [5.41, 5.74) is 8.30. The second-order valence-corrected chi connectivity index (χ2v) is 3.54. The Morgan fingerprint density at radius 3 is 3.15 bits per heavy atom. The number of nitrogens with two attached hydrogens (primary N) is 1. The van der Waals surface area contributed by atoms with Crippen LogP contribution in [0.25, 0.3) is 0 Å². The van der Waals surface area contributed by atoms with Gasteiger partial charge < -0.3 is 11.1 Å². The summed E-state index contributed by atoms with van der Waals surface area (Å²) in [7, 11) is 1.90. The molecule has 2 heterocycles. The number of rotatable bonds is 1. The fourth-order valence-corrected chi connectivity index (χ4v) is 1.94. The lowest BCUT2D eigenvalue weighted by atomic mass is 10.00. The van der Waals surface area contributed by atoms with Crippen molar-refractivity contribution in [1.82, 2.24) is 15.1 Å². The topological polar surface area (TPSA) is 55.9 Å². The van der Waals surface area contributed by atoms with E-state index in [0.717, 1.165) is 30.9 Å². The van der Waals surface area contributed by atoms with E-state index in [2.05, 4.69) is 17.3 Å². The van der Waals surface area contributed by atoms with Crippen molar-refractivity contribution in [2.75, 3.05) is 12.3 Å². The maximum Gasteiger partial charge on any atom is 0.124 e. The van der Waals surface area contributed by atoms with E-state index in [4.69, 9.17) is 5.73 Å². The van der Waals surface area contributed by atoms with Crippen LogP contribution in [0.5, 0.6) is 0 Å². The van der Waals surface area contributed by atoms with Crippen molar-refractivity contribution >= 4 is 5.82 Å². The van der Waals surface area contributed by atoms with Crippen LogP contribution < -0.4 is 11.1 Å². The molecule has 0 saturated carbocycles. The molecule has 1 aliphatic rings. The smallest absolute Gasteiger partial charge is 0.124 e. The van der Waals surface area contributed by atoms with Crippen LogP contribution in [0.15, 0.2) is 0 Å². The number of nitrogen functional groups attached to an aromatic ring is 1. The number of hydrogen-bond acceptors (Lipinski definition) is 3. The largest absolute Gasteiger partial charge is 0.384 e. The molecule has 1 atom stereocenters. The fourth-order valence-electron chi connectivity index (χ4n) is 1.94. The average Bonchev–Trinajstić information content (AvgIpc) is 2.43. The van der Waals surface area contributed by atoms with Gasteiger partial charge in [-0.05, 0) is 12.8 Å². The third kappa shape index (κ3) is 1.21. The molecule has 0 aromatic carbocycles. The van der Waals surface area contributed by atoms with Gasteiger partial charge in [0.1, 0.15) is 5.82 Å². The minimum absolute atomic E-state index is 0.396. The minimum atomic E-state index is 0.396. The maximum atomic E-state index is 5.91. The summed E-state index contributed by atoms with van der Waals surface area (Å²) >= 11 is 0. The summed E-state index contributed by atoms with van der Waals surface area (Å²) in [5.74, 6) is 0.829. The van der Waals surface area contributed by atoms with Gasteiger partial charge >= 0.3 is 0 Å². The van der Waals surface area contributed by atoms with Crippen LogP contribution in [0.3, 0.4) is 0 Å². The van der Waals surface area contributed by atoms with Gasteiger partial charge in [-0.1, -0.05) is 6.92 Å². The first-order chi connectivity index (χ1) is 6.24. The highest BCUT2D eigenvalue weighted by atomic mass is 15.3. The molecule has 0 saturated heterocycles. The number of aromatic nitrogens is 2. The Balaban J connectivity index is 2.45. The molecule has 0 bridgehead atoms. The molecule has 4 heteroatoms. The van der Waals surface area contributed by atoms with Crippen molar-refractivity contribution in [3.8, 4) is 0 Å². The molecular formula is C9H16N4. The molecule has 0 radical (unpaired) electrons. The molecule has 13 heavy (non-hydrogen) atoms. The maximum absolute atomic E-state index is 5.91. The summed E-state index contributed by atoms with van der Waals surface area (Å²) in [6.07, 6.45) is 2.08. The van der Waals surface area contributed by atoms with E-state index in [-0.39, 0.29) is 0 Å². The molecule has 1 aromatic heterocycles. The highest BCUT2D eigenvalue weighted by molar-refractivity contribution is 5.45. The van der Waals surface area contributed by atoms with Gasteiger partial charge in [0.05, 0.1) is 11.7 Å². The van der Waals surface area contributed by atoms with Crippen molar-refractivity contribution in [2.24, 2.45) is 7.05 Å². The fraction of sp³-hybridized carbons (Fsp3) is 0.667. The van der Waals surface area contributed by atoms with Crippen molar-refractivity contribution in [3.63, 3.8) is 0 Å². The molecule has 4 nitrogen and oxygen atoms in total. The lowest BCUT2D eigenvalue weighted by molar-refractivity contribution is 0.479. The number of aryl methyl sites for hydroxylation is 1. The Morgan fingerprint density at radius 1 is 1.69 bits per heavy atom. The standard InChI is InChI=1S/C9H16N4/c1-3-7-8-6(4-5-11-7)9(10)13(2)12-8/h7,11H,3-5,10H2,1-2H3. The molecule has 3 N–H and O–H groups in total. The predicted molar refractivity (Wildman–Crippen MR) is 52.4 cm³/mol. The molecule has 0 aliphatic carbocycles. The first-order valence-electron chi connectivity index (χ1n) is 4.78. The SMILES string of the molecule is CCC1NCCc2c1nn(C)c2N. The average molecular weight is 180 g/mol. The molecule has 72 valence electrons. The highest BCUT2D eigenvalue weighted by Crippen LogP contribution is 2.27. The quantitative estimate of drug-likeness (QED) is 0.665. The summed E-state index contributed by atoms with van der Waals surface area (Å²) < 4.78 is 1.78. The lowest BCUT2D eigenvalue weighted by Gasteiger charge is -2.21. The van der Waals surface area contributed by atoms with E-state index >= 15 is 0 Å². The Labute approximate surface area is 78.1 Å². The summed E-state index contributed by atoms with van der Waals surface area (Å²) in [5, 5.41) is 7.87. The first-order valence-corrected chi connectivity index (χ1v) is 4.78. The van der Waals surface area contributed by atoms with Crippen molar-refractivity contribution < 1.29 is 0 Å². The third-order valence-electron chi connectivity index (χ3n) is 2.73. The highest BCUT2D eigenvalue weighted by Gasteiger charge is 2.24. The van der Waals surface area contributed by atoms with Gasteiger partial charge in [0, 0.05) is 19.2 Å². The molecule has 1 aromatic rings. The molecule has 2 rings (SSSR count). The zero-order chi connectivity index (χ0) is 9.42.